The quantitative estimate of drug-likeness (QED) is 0.650. The molecule has 9 nitrogen and oxygen atoms in total. The minimum atomic E-state index is -3.95. The molecule has 32 heavy (non-hydrogen) atoms. The van der Waals surface area contributed by atoms with E-state index >= 15 is 0 Å². The minimum absolute atomic E-state index is 0.0595. The Kier molecular flexibility index (Phi) is 5.91. The summed E-state index contributed by atoms with van der Waals surface area (Å²) in [5.74, 6) is -2.36. The van der Waals surface area contributed by atoms with Gasteiger partial charge in [0.1, 0.15) is 6.04 Å². The lowest BCUT2D eigenvalue weighted by Gasteiger charge is -2.24. The van der Waals surface area contributed by atoms with E-state index in [1.807, 2.05) is 6.92 Å². The molecule has 0 saturated carbocycles. The molecule has 2 aromatic rings. The monoisotopic (exact) mass is 460 g/mol. The lowest BCUT2D eigenvalue weighted by molar-refractivity contribution is -0.166. The van der Waals surface area contributed by atoms with Gasteiger partial charge in [-0.15, -0.1) is 0 Å². The number of nitrogens with zero attached hydrogens (tertiary/aromatic N) is 2. The Labute approximate surface area is 185 Å². The topological polar surface area (TPSA) is 123 Å². The standard InChI is InChI=1S/C22H24N2O7S/c1-14-6-8-17(9-7-14)32(29,30)24-11-3-5-18(24)22(28)31-20(21(26)27)15-12-16-4-2-10-23(16)19(25)13-15/h6-9,12-13,18,20H,2-5,10-11H2,1H3,(H,26,27)/t18-,20?/m1/s1. The molecule has 2 aliphatic rings. The number of hydrogen-bond acceptors (Lipinski definition) is 6. The molecule has 0 radical (unpaired) electrons. The van der Waals surface area contributed by atoms with Crippen LogP contribution in [0.25, 0.3) is 0 Å². The second-order valence-corrected chi connectivity index (χ2v) is 10.0. The first-order chi connectivity index (χ1) is 15.2. The van der Waals surface area contributed by atoms with E-state index in [2.05, 4.69) is 0 Å². The number of esters is 1. The number of carboxylic acids is 1. The number of carbonyl (C=O) groups is 2. The lowest BCUT2D eigenvalue weighted by Crippen LogP contribution is -2.42. The van der Waals surface area contributed by atoms with E-state index in [0.717, 1.165) is 22.4 Å². The van der Waals surface area contributed by atoms with Crippen molar-refractivity contribution in [1.82, 2.24) is 8.87 Å². The van der Waals surface area contributed by atoms with Crippen LogP contribution in [0.1, 0.15) is 42.2 Å². The number of aryl methyl sites for hydroxylation is 2. The lowest BCUT2D eigenvalue weighted by atomic mass is 10.1. The molecule has 10 heteroatoms. The van der Waals surface area contributed by atoms with Gasteiger partial charge in [-0.2, -0.15) is 4.31 Å². The summed E-state index contributed by atoms with van der Waals surface area (Å²) in [7, 11) is -3.95. The van der Waals surface area contributed by atoms with E-state index in [9.17, 15) is 27.9 Å². The first-order valence-electron chi connectivity index (χ1n) is 10.4. The zero-order valence-corrected chi connectivity index (χ0v) is 18.4. The maximum atomic E-state index is 13.1. The average Bonchev–Trinajstić information content (AvgIpc) is 3.42. The van der Waals surface area contributed by atoms with Crippen LogP contribution in [-0.2, 0) is 37.3 Å². The highest BCUT2D eigenvalue weighted by molar-refractivity contribution is 7.89. The third-order valence-corrected chi connectivity index (χ3v) is 7.84. The summed E-state index contributed by atoms with van der Waals surface area (Å²) < 4.78 is 34.1. The van der Waals surface area contributed by atoms with Crippen LogP contribution >= 0.6 is 0 Å². The third kappa shape index (κ3) is 4.07. The van der Waals surface area contributed by atoms with Crippen LogP contribution in [-0.4, -0.2) is 46.9 Å². The Hall–Kier alpha value is -2.98. The summed E-state index contributed by atoms with van der Waals surface area (Å²) in [6.07, 6.45) is 0.399. The van der Waals surface area contributed by atoms with Gasteiger partial charge in [0.2, 0.25) is 16.1 Å². The number of pyridine rings is 1. The number of aliphatic carboxylic acids is 1. The van der Waals surface area contributed by atoms with Crippen molar-refractivity contribution >= 4 is 22.0 Å². The molecule has 1 saturated heterocycles. The zero-order chi connectivity index (χ0) is 23.0. The maximum Gasteiger partial charge on any atom is 0.349 e. The second kappa shape index (κ2) is 8.51. The molecular weight excluding hydrogens is 436 g/mol. The van der Waals surface area contributed by atoms with Crippen LogP contribution in [0.3, 0.4) is 0 Å². The van der Waals surface area contributed by atoms with Crippen molar-refractivity contribution in [3.63, 3.8) is 0 Å². The van der Waals surface area contributed by atoms with Gasteiger partial charge in [-0.25, -0.2) is 13.2 Å². The predicted octanol–water partition coefficient (Wildman–Crippen LogP) is 1.63. The van der Waals surface area contributed by atoms with E-state index in [1.54, 1.807) is 22.8 Å². The van der Waals surface area contributed by atoms with E-state index in [1.165, 1.54) is 12.1 Å². The number of carboxylic acid groups (broad SMARTS) is 1. The third-order valence-electron chi connectivity index (χ3n) is 5.92. The SMILES string of the molecule is Cc1ccc(S(=O)(=O)N2CCC[C@@H]2C(=O)OC(C(=O)O)c2cc3n(c(=O)c2)CCC3)cc1. The summed E-state index contributed by atoms with van der Waals surface area (Å²) >= 11 is 0. The number of rotatable bonds is 6. The molecule has 170 valence electrons. The summed E-state index contributed by atoms with van der Waals surface area (Å²) in [4.78, 5) is 37.2. The highest BCUT2D eigenvalue weighted by Gasteiger charge is 2.42. The summed E-state index contributed by atoms with van der Waals surface area (Å²) in [5.41, 5.74) is 1.33. The Bertz CT molecular complexity index is 1220. The normalized spacial score (nSPS) is 19.5. The molecule has 2 aliphatic heterocycles. The molecule has 2 atom stereocenters. The van der Waals surface area contributed by atoms with Crippen LogP contribution in [0.15, 0.2) is 46.1 Å². The first-order valence-corrected chi connectivity index (χ1v) is 11.9. The summed E-state index contributed by atoms with van der Waals surface area (Å²) in [6, 6.07) is 7.89. The smallest absolute Gasteiger partial charge is 0.349 e. The zero-order valence-electron chi connectivity index (χ0n) is 17.6. The van der Waals surface area contributed by atoms with Gasteiger partial charge in [-0.3, -0.25) is 9.59 Å². The highest BCUT2D eigenvalue weighted by atomic mass is 32.2. The first kappa shape index (κ1) is 22.2. The van der Waals surface area contributed by atoms with E-state index < -0.39 is 34.1 Å². The number of hydrogen-bond donors (Lipinski definition) is 1. The van der Waals surface area contributed by atoms with Crippen LogP contribution in [0.4, 0.5) is 0 Å². The minimum Gasteiger partial charge on any atom is -0.478 e. The number of sulfonamides is 1. The fraction of sp³-hybridized carbons (Fsp3) is 0.409. The van der Waals surface area contributed by atoms with E-state index in [4.69, 9.17) is 4.74 Å². The van der Waals surface area contributed by atoms with Gasteiger partial charge in [0.15, 0.2) is 0 Å². The Balaban J connectivity index is 1.59. The molecule has 0 aliphatic carbocycles. The van der Waals surface area contributed by atoms with Crippen molar-refractivity contribution in [3.8, 4) is 0 Å². The van der Waals surface area contributed by atoms with Crippen molar-refractivity contribution in [3.05, 3.63) is 63.6 Å². The van der Waals surface area contributed by atoms with Gasteiger partial charge in [0.05, 0.1) is 4.90 Å². The van der Waals surface area contributed by atoms with Crippen LogP contribution in [0.5, 0.6) is 0 Å². The van der Waals surface area contributed by atoms with Gasteiger partial charge >= 0.3 is 11.9 Å². The van der Waals surface area contributed by atoms with Crippen molar-refractivity contribution in [1.29, 1.82) is 0 Å². The summed E-state index contributed by atoms with van der Waals surface area (Å²) in [6.45, 7) is 2.54. The maximum absolute atomic E-state index is 13.1. The molecule has 0 amide bonds. The number of carbonyl (C=O) groups excluding carboxylic acids is 1. The largest absolute Gasteiger partial charge is 0.478 e. The fourth-order valence-corrected chi connectivity index (χ4v) is 5.92. The predicted molar refractivity (Wildman–Crippen MR) is 114 cm³/mol. The van der Waals surface area contributed by atoms with Crippen LogP contribution in [0.2, 0.25) is 0 Å². The second-order valence-electron chi connectivity index (χ2n) is 8.12. The summed E-state index contributed by atoms with van der Waals surface area (Å²) in [5, 5.41) is 9.67. The Morgan fingerprint density at radius 2 is 1.84 bits per heavy atom. The molecule has 0 bridgehead atoms. The number of ether oxygens (including phenoxy) is 1. The molecule has 1 unspecified atom stereocenters. The van der Waals surface area contributed by atoms with Gasteiger partial charge in [-0.1, -0.05) is 17.7 Å². The van der Waals surface area contributed by atoms with Crippen molar-refractivity contribution in [2.24, 2.45) is 0 Å². The molecule has 1 aromatic heterocycles. The molecule has 0 spiro atoms. The van der Waals surface area contributed by atoms with Gasteiger partial charge < -0.3 is 14.4 Å². The van der Waals surface area contributed by atoms with Crippen molar-refractivity contribution in [2.45, 2.75) is 56.2 Å². The van der Waals surface area contributed by atoms with Gasteiger partial charge in [-0.05, 0) is 50.8 Å². The van der Waals surface area contributed by atoms with Crippen molar-refractivity contribution < 1.29 is 27.9 Å². The number of benzene rings is 1. The van der Waals surface area contributed by atoms with E-state index in [-0.39, 0.29) is 29.0 Å². The molecule has 1 aromatic carbocycles. The molecule has 3 heterocycles. The van der Waals surface area contributed by atoms with Crippen LogP contribution in [0, 0.1) is 6.92 Å². The van der Waals surface area contributed by atoms with Gasteiger partial charge in [0.25, 0.3) is 5.56 Å². The van der Waals surface area contributed by atoms with Gasteiger partial charge in [0, 0.05) is 30.4 Å². The Morgan fingerprint density at radius 3 is 2.53 bits per heavy atom. The highest BCUT2D eigenvalue weighted by Crippen LogP contribution is 2.29. The number of aromatic nitrogens is 1. The molecular formula is C22H24N2O7S. The fourth-order valence-electron chi connectivity index (χ4n) is 4.27. The molecule has 1 fully saturated rings. The molecule has 1 N–H and O–H groups in total. The average molecular weight is 461 g/mol. The molecule has 4 rings (SSSR count). The van der Waals surface area contributed by atoms with E-state index in [0.29, 0.717) is 25.1 Å². The van der Waals surface area contributed by atoms with Crippen molar-refractivity contribution in [2.75, 3.05) is 6.54 Å². The Morgan fingerprint density at radius 1 is 1.12 bits per heavy atom. The van der Waals surface area contributed by atoms with Crippen LogP contribution < -0.4 is 5.56 Å². The number of fused-ring (bicyclic) bond motifs is 1.